The van der Waals surface area contributed by atoms with Crippen molar-refractivity contribution in [2.24, 2.45) is 4.99 Å². The van der Waals surface area contributed by atoms with Crippen molar-refractivity contribution in [3.8, 4) is 11.6 Å². The molecule has 4 rings (SSSR count). The number of aromatic nitrogens is 1. The van der Waals surface area contributed by atoms with Crippen LogP contribution in [0.3, 0.4) is 0 Å². The van der Waals surface area contributed by atoms with Gasteiger partial charge in [-0.15, -0.1) is 0 Å². The van der Waals surface area contributed by atoms with Crippen LogP contribution in [0, 0.1) is 13.8 Å². The number of benzene rings is 2. The molecule has 0 amide bonds. The second-order valence-electron chi connectivity index (χ2n) is 7.53. The number of rotatable bonds is 3. The summed E-state index contributed by atoms with van der Waals surface area (Å²) < 4.78 is 24.7. The first-order valence-electron chi connectivity index (χ1n) is 9.45. The first-order chi connectivity index (χ1) is 13.8. The summed E-state index contributed by atoms with van der Waals surface area (Å²) in [6.45, 7) is 3.93. The maximum absolute atomic E-state index is 13.1. The van der Waals surface area contributed by atoms with Gasteiger partial charge in [-0.25, -0.2) is 13.0 Å². The third kappa shape index (κ3) is 3.58. The van der Waals surface area contributed by atoms with Crippen LogP contribution in [0.2, 0.25) is 0 Å². The van der Waals surface area contributed by atoms with Gasteiger partial charge in [0.2, 0.25) is 5.88 Å². The lowest BCUT2D eigenvalue weighted by atomic mass is 10.1. The van der Waals surface area contributed by atoms with Gasteiger partial charge in [0.1, 0.15) is 0 Å². The Kier molecular flexibility index (Phi) is 4.78. The van der Waals surface area contributed by atoms with E-state index in [9.17, 15) is 18.3 Å². The lowest BCUT2D eigenvalue weighted by Gasteiger charge is -2.15. The molecule has 0 saturated carbocycles. The Morgan fingerprint density at radius 2 is 1.83 bits per heavy atom. The average Bonchev–Trinajstić information content (AvgIpc) is 3.03. The molecular weight excluding hydrogens is 388 g/mol. The Labute approximate surface area is 169 Å². The van der Waals surface area contributed by atoms with Crippen molar-refractivity contribution in [1.82, 2.24) is 4.57 Å². The highest BCUT2D eigenvalue weighted by atomic mass is 32.2. The second-order valence-corrected chi connectivity index (χ2v) is 9.76. The highest BCUT2D eigenvalue weighted by molar-refractivity contribution is 7.91. The molecule has 0 aliphatic carbocycles. The smallest absolute Gasteiger partial charge is 0.265 e. The fourth-order valence-electron chi connectivity index (χ4n) is 3.67. The highest BCUT2D eigenvalue weighted by Gasteiger charge is 2.27. The predicted octanol–water partition coefficient (Wildman–Crippen LogP) is 2.92. The van der Waals surface area contributed by atoms with Crippen LogP contribution in [-0.2, 0) is 9.84 Å². The van der Waals surface area contributed by atoms with Crippen molar-refractivity contribution < 1.29 is 13.5 Å². The third-order valence-corrected chi connectivity index (χ3v) is 7.23. The molecule has 1 atom stereocenters. The summed E-state index contributed by atoms with van der Waals surface area (Å²) in [6.07, 6.45) is 1.97. The van der Waals surface area contributed by atoms with E-state index in [1.165, 1.54) is 10.8 Å². The number of aromatic hydroxyl groups is 1. The summed E-state index contributed by atoms with van der Waals surface area (Å²) in [5.74, 6) is -0.0652. The van der Waals surface area contributed by atoms with E-state index in [0.29, 0.717) is 28.4 Å². The first-order valence-corrected chi connectivity index (χ1v) is 11.3. The quantitative estimate of drug-likeness (QED) is 0.673. The van der Waals surface area contributed by atoms with Crippen molar-refractivity contribution in [1.29, 1.82) is 0 Å². The Hall–Kier alpha value is -2.93. The third-order valence-electron chi connectivity index (χ3n) is 5.47. The maximum Gasteiger partial charge on any atom is 0.265 e. The molecule has 2 heterocycles. The van der Waals surface area contributed by atoms with Crippen molar-refractivity contribution in [2.75, 3.05) is 11.5 Å². The highest BCUT2D eigenvalue weighted by Crippen LogP contribution is 2.27. The largest absolute Gasteiger partial charge is 0.494 e. The molecule has 7 heteroatoms. The molecule has 1 fully saturated rings. The summed E-state index contributed by atoms with van der Waals surface area (Å²) in [4.78, 5) is 17.5. The van der Waals surface area contributed by atoms with Gasteiger partial charge in [-0.2, -0.15) is 0 Å². The van der Waals surface area contributed by atoms with Gasteiger partial charge in [0.25, 0.3) is 5.56 Å². The molecule has 0 bridgehead atoms. The zero-order chi connectivity index (χ0) is 20.8. The zero-order valence-corrected chi connectivity index (χ0v) is 17.1. The van der Waals surface area contributed by atoms with Crippen LogP contribution in [-0.4, -0.2) is 41.9 Å². The molecule has 29 heavy (non-hydrogen) atoms. The maximum atomic E-state index is 13.1. The van der Waals surface area contributed by atoms with E-state index in [4.69, 9.17) is 0 Å². The normalized spacial score (nSPS) is 18.6. The molecular formula is C22H22N2O4S. The minimum atomic E-state index is -3.05. The van der Waals surface area contributed by atoms with Gasteiger partial charge in [-0.1, -0.05) is 24.3 Å². The van der Waals surface area contributed by atoms with Crippen molar-refractivity contribution in [3.05, 3.63) is 69.5 Å². The molecule has 0 spiro atoms. The van der Waals surface area contributed by atoms with Crippen LogP contribution >= 0.6 is 0 Å². The molecule has 1 aliphatic rings. The lowest BCUT2D eigenvalue weighted by Crippen LogP contribution is -2.20. The van der Waals surface area contributed by atoms with Crippen LogP contribution in [0.15, 0.2) is 52.3 Å². The number of aliphatic imine (C=N–C) groups is 1. The van der Waals surface area contributed by atoms with Gasteiger partial charge in [-0.3, -0.25) is 9.79 Å². The van der Waals surface area contributed by atoms with Gasteiger partial charge >= 0.3 is 0 Å². The molecule has 150 valence electrons. The van der Waals surface area contributed by atoms with Crippen molar-refractivity contribution >= 4 is 26.8 Å². The van der Waals surface area contributed by atoms with Gasteiger partial charge < -0.3 is 5.11 Å². The monoisotopic (exact) mass is 410 g/mol. The number of fused-ring (bicyclic) bond motifs is 1. The number of hydrogen-bond donors (Lipinski definition) is 1. The molecule has 2 aromatic carbocycles. The molecule has 1 saturated heterocycles. The van der Waals surface area contributed by atoms with Crippen LogP contribution in [0.1, 0.15) is 23.1 Å². The molecule has 1 aromatic heterocycles. The molecule has 0 radical (unpaired) electrons. The van der Waals surface area contributed by atoms with Gasteiger partial charge in [0, 0.05) is 17.0 Å². The van der Waals surface area contributed by atoms with E-state index in [1.807, 2.05) is 26.0 Å². The fourth-order valence-corrected chi connectivity index (χ4v) is 5.30. The number of hydrogen-bond acceptors (Lipinski definition) is 5. The summed E-state index contributed by atoms with van der Waals surface area (Å²) >= 11 is 0. The van der Waals surface area contributed by atoms with Crippen molar-refractivity contribution in [3.63, 3.8) is 0 Å². The van der Waals surface area contributed by atoms with E-state index in [2.05, 4.69) is 4.99 Å². The Morgan fingerprint density at radius 3 is 2.48 bits per heavy atom. The summed E-state index contributed by atoms with van der Waals surface area (Å²) in [6, 6.07) is 12.3. The Bertz CT molecular complexity index is 1310. The SMILES string of the molecule is Cc1ccc(-n2c(O)c(C=N[C@H]3CCS(=O)(=O)C3)c3ccccc3c2=O)cc1C. The van der Waals surface area contributed by atoms with Crippen LogP contribution in [0.4, 0.5) is 0 Å². The van der Waals surface area contributed by atoms with Crippen LogP contribution in [0.25, 0.3) is 16.5 Å². The van der Waals surface area contributed by atoms with E-state index in [0.717, 1.165) is 11.1 Å². The van der Waals surface area contributed by atoms with E-state index < -0.39 is 9.84 Å². The van der Waals surface area contributed by atoms with Gasteiger partial charge in [0.05, 0.1) is 28.8 Å². The summed E-state index contributed by atoms with van der Waals surface area (Å²) in [5, 5.41) is 12.1. The summed E-state index contributed by atoms with van der Waals surface area (Å²) in [5.41, 5.74) is 2.75. The lowest BCUT2D eigenvalue weighted by molar-refractivity contribution is 0.436. The molecule has 3 aromatic rings. The predicted molar refractivity (Wildman–Crippen MR) is 115 cm³/mol. The minimum Gasteiger partial charge on any atom is -0.494 e. The van der Waals surface area contributed by atoms with Crippen LogP contribution < -0.4 is 5.56 Å². The first kappa shape index (κ1) is 19.4. The van der Waals surface area contributed by atoms with E-state index >= 15 is 0 Å². The van der Waals surface area contributed by atoms with E-state index in [1.54, 1.807) is 30.3 Å². The van der Waals surface area contributed by atoms with Crippen LogP contribution in [0.5, 0.6) is 5.88 Å². The molecule has 1 N–H and O–H groups in total. The number of sulfone groups is 1. The van der Waals surface area contributed by atoms with E-state index in [-0.39, 0.29) is 29.0 Å². The number of pyridine rings is 1. The number of nitrogens with zero attached hydrogens (tertiary/aromatic N) is 2. The molecule has 6 nitrogen and oxygen atoms in total. The molecule has 1 aliphatic heterocycles. The topological polar surface area (TPSA) is 88.7 Å². The minimum absolute atomic E-state index is 0.0129. The van der Waals surface area contributed by atoms with Gasteiger partial charge in [-0.05, 0) is 49.6 Å². The van der Waals surface area contributed by atoms with Gasteiger partial charge in [0.15, 0.2) is 9.84 Å². The Morgan fingerprint density at radius 1 is 1.10 bits per heavy atom. The van der Waals surface area contributed by atoms with Crippen molar-refractivity contribution in [2.45, 2.75) is 26.3 Å². The standard InChI is InChI=1S/C22H22N2O4S/c1-14-7-8-17(11-15(14)2)24-21(25)19-6-4-3-5-18(19)20(22(24)26)12-23-16-9-10-29(27,28)13-16/h3-8,11-12,16,26H,9-10,13H2,1-2H3/t16-/m0/s1. The average molecular weight is 410 g/mol. The zero-order valence-electron chi connectivity index (χ0n) is 16.3. The Balaban J connectivity index is 1.92. The number of aryl methyl sites for hydroxylation is 2. The second kappa shape index (κ2) is 7.15. The molecule has 0 unspecified atom stereocenters. The fraction of sp³-hybridized carbons (Fsp3) is 0.273. The summed E-state index contributed by atoms with van der Waals surface area (Å²) in [7, 11) is -3.05.